The molecule has 3 N–H and O–H groups in total. The highest BCUT2D eigenvalue weighted by atomic mass is 16.7. The van der Waals surface area contributed by atoms with E-state index in [-0.39, 0.29) is 13.2 Å². The van der Waals surface area contributed by atoms with E-state index in [0.29, 0.717) is 0 Å². The molecule has 6 nitrogen and oxygen atoms in total. The number of rotatable bonds is 9. The average Bonchev–Trinajstić information content (AvgIpc) is 2.98. The summed E-state index contributed by atoms with van der Waals surface area (Å²) in [5.74, 6) is 0. The van der Waals surface area contributed by atoms with Gasteiger partial charge in [-0.1, -0.05) is 121 Å². The molecule has 4 aromatic carbocycles. The first-order valence-corrected chi connectivity index (χ1v) is 12.8. The zero-order valence-electron chi connectivity index (χ0n) is 20.9. The Morgan fingerprint density at radius 1 is 0.605 bits per heavy atom. The molecule has 38 heavy (non-hydrogen) atoms. The summed E-state index contributed by atoms with van der Waals surface area (Å²) in [5, 5.41) is 32.3. The summed E-state index contributed by atoms with van der Waals surface area (Å²) in [6.07, 6.45) is -6.20. The number of aliphatic hydroxyl groups excluding tert-OH is 3. The lowest BCUT2D eigenvalue weighted by Crippen LogP contribution is -2.60. The number of aliphatic hydroxyl groups is 3. The first-order valence-electron chi connectivity index (χ1n) is 12.8. The summed E-state index contributed by atoms with van der Waals surface area (Å²) < 4.78 is 18.3. The third-order valence-electron chi connectivity index (χ3n) is 6.95. The fourth-order valence-corrected chi connectivity index (χ4v) is 4.99. The van der Waals surface area contributed by atoms with Gasteiger partial charge in [-0.25, -0.2) is 0 Å². The van der Waals surface area contributed by atoms with Gasteiger partial charge in [-0.15, -0.1) is 0 Å². The van der Waals surface area contributed by atoms with Crippen LogP contribution >= 0.6 is 0 Å². The molecule has 6 heteroatoms. The fraction of sp³-hybridized carbons (Fsp3) is 0.250. The Morgan fingerprint density at radius 2 is 1.05 bits per heavy atom. The highest BCUT2D eigenvalue weighted by Gasteiger charge is 2.46. The fourth-order valence-electron chi connectivity index (χ4n) is 4.99. The van der Waals surface area contributed by atoms with Crippen molar-refractivity contribution in [2.75, 3.05) is 6.61 Å². The van der Waals surface area contributed by atoms with Gasteiger partial charge in [0.05, 0.1) is 13.2 Å². The molecule has 4 aromatic rings. The molecule has 0 aromatic heterocycles. The molecule has 0 saturated carbocycles. The molecule has 5 atom stereocenters. The van der Waals surface area contributed by atoms with Crippen LogP contribution in [0.4, 0.5) is 0 Å². The Morgan fingerprint density at radius 3 is 1.53 bits per heavy atom. The molecule has 1 heterocycles. The Bertz CT molecular complexity index is 1160. The van der Waals surface area contributed by atoms with Crippen molar-refractivity contribution in [3.8, 4) is 0 Å². The van der Waals surface area contributed by atoms with Crippen molar-refractivity contribution >= 4 is 0 Å². The molecule has 5 rings (SSSR count). The predicted molar refractivity (Wildman–Crippen MR) is 143 cm³/mol. The second kappa shape index (κ2) is 12.0. The van der Waals surface area contributed by atoms with Crippen molar-refractivity contribution in [1.82, 2.24) is 0 Å². The van der Waals surface area contributed by atoms with Gasteiger partial charge in [-0.3, -0.25) is 0 Å². The second-order valence-electron chi connectivity index (χ2n) is 9.40. The van der Waals surface area contributed by atoms with Gasteiger partial charge in [0.15, 0.2) is 6.29 Å². The minimum absolute atomic E-state index is 0.0746. The Balaban J connectivity index is 1.45. The Hall–Kier alpha value is -3.36. The van der Waals surface area contributed by atoms with Crippen molar-refractivity contribution in [2.45, 2.75) is 42.9 Å². The van der Waals surface area contributed by atoms with E-state index in [4.69, 9.17) is 14.2 Å². The van der Waals surface area contributed by atoms with Gasteiger partial charge in [0.25, 0.3) is 0 Å². The topological polar surface area (TPSA) is 88.4 Å². The molecule has 196 valence electrons. The molecule has 0 radical (unpaired) electrons. The van der Waals surface area contributed by atoms with Crippen LogP contribution in [0.1, 0.15) is 22.3 Å². The van der Waals surface area contributed by atoms with Crippen LogP contribution in [-0.2, 0) is 26.4 Å². The van der Waals surface area contributed by atoms with E-state index in [1.807, 2.05) is 121 Å². The molecule has 0 bridgehead atoms. The Kier molecular flexibility index (Phi) is 8.29. The number of hydrogen-bond donors (Lipinski definition) is 3. The van der Waals surface area contributed by atoms with Crippen LogP contribution in [-0.4, -0.2) is 52.6 Å². The van der Waals surface area contributed by atoms with Crippen molar-refractivity contribution in [1.29, 1.82) is 0 Å². The van der Waals surface area contributed by atoms with Gasteiger partial charge >= 0.3 is 0 Å². The standard InChI is InChI=1S/C32H32O6/c33-28-27(38-31(35)29(34)30(28)36-21-23-13-5-1-6-14-23)22-37-32(24-15-7-2-8-16-24,25-17-9-3-10-18-25)26-19-11-4-12-20-26/h1-20,27-31,33-35H,21-22H2/t27-,28-,29-,30+,31?/m1/s1. The summed E-state index contributed by atoms with van der Waals surface area (Å²) in [5.41, 5.74) is 2.58. The molecule has 1 aliphatic heterocycles. The minimum atomic E-state index is -1.53. The van der Waals surface area contributed by atoms with Crippen LogP contribution < -0.4 is 0 Å². The molecule has 1 unspecified atom stereocenters. The van der Waals surface area contributed by atoms with E-state index in [0.717, 1.165) is 22.3 Å². The normalized spacial score (nSPS) is 23.7. The predicted octanol–water partition coefficient (Wildman–Crippen LogP) is 4.02. The summed E-state index contributed by atoms with van der Waals surface area (Å²) in [6.45, 7) is 0.0940. The largest absolute Gasteiger partial charge is 0.387 e. The number of hydrogen-bond acceptors (Lipinski definition) is 6. The zero-order chi connectivity index (χ0) is 26.4. The molecule has 0 aliphatic carbocycles. The molecule has 0 amide bonds. The van der Waals surface area contributed by atoms with Crippen LogP contribution in [0.5, 0.6) is 0 Å². The van der Waals surface area contributed by atoms with E-state index in [9.17, 15) is 15.3 Å². The van der Waals surface area contributed by atoms with Gasteiger partial charge in [0.1, 0.15) is 30.0 Å². The summed E-state index contributed by atoms with van der Waals surface area (Å²) in [4.78, 5) is 0. The monoisotopic (exact) mass is 512 g/mol. The maximum atomic E-state index is 11.2. The van der Waals surface area contributed by atoms with E-state index >= 15 is 0 Å². The first kappa shape index (κ1) is 26.3. The van der Waals surface area contributed by atoms with Gasteiger partial charge in [0, 0.05) is 0 Å². The summed E-state index contributed by atoms with van der Waals surface area (Å²) >= 11 is 0. The summed E-state index contributed by atoms with van der Waals surface area (Å²) in [7, 11) is 0. The van der Waals surface area contributed by atoms with E-state index < -0.39 is 36.3 Å². The molecule has 1 fully saturated rings. The quantitative estimate of drug-likeness (QED) is 0.294. The Labute approximate surface area is 222 Å². The van der Waals surface area contributed by atoms with Crippen molar-refractivity contribution < 1.29 is 29.5 Å². The maximum Gasteiger partial charge on any atom is 0.184 e. The lowest BCUT2D eigenvalue weighted by molar-refractivity contribution is -0.300. The molecular weight excluding hydrogens is 480 g/mol. The molecule has 0 spiro atoms. The SMILES string of the molecule is OC1O[C@H](COC(c2ccccc2)(c2ccccc2)c2ccccc2)[C@@H](O)[C@H](OCc2ccccc2)[C@H]1O. The summed E-state index contributed by atoms with van der Waals surface area (Å²) in [6, 6.07) is 39.1. The van der Waals surface area contributed by atoms with Crippen LogP contribution in [0, 0.1) is 0 Å². The second-order valence-corrected chi connectivity index (χ2v) is 9.40. The van der Waals surface area contributed by atoms with Crippen LogP contribution in [0.25, 0.3) is 0 Å². The highest BCUT2D eigenvalue weighted by Crippen LogP contribution is 2.41. The van der Waals surface area contributed by atoms with Gasteiger partial charge in [-0.05, 0) is 22.3 Å². The third-order valence-corrected chi connectivity index (χ3v) is 6.95. The number of benzene rings is 4. The van der Waals surface area contributed by atoms with Crippen molar-refractivity contribution in [3.63, 3.8) is 0 Å². The van der Waals surface area contributed by atoms with Gasteiger partial charge < -0.3 is 29.5 Å². The molecule has 1 saturated heterocycles. The van der Waals surface area contributed by atoms with Gasteiger partial charge in [0.2, 0.25) is 0 Å². The average molecular weight is 513 g/mol. The maximum absolute atomic E-state index is 11.2. The van der Waals surface area contributed by atoms with Crippen LogP contribution in [0.3, 0.4) is 0 Å². The van der Waals surface area contributed by atoms with Crippen molar-refractivity contribution in [3.05, 3.63) is 144 Å². The molecule has 1 aliphatic rings. The molecular formula is C32H32O6. The lowest BCUT2D eigenvalue weighted by Gasteiger charge is -2.42. The van der Waals surface area contributed by atoms with Gasteiger partial charge in [-0.2, -0.15) is 0 Å². The minimum Gasteiger partial charge on any atom is -0.387 e. The van der Waals surface area contributed by atoms with Crippen LogP contribution in [0.2, 0.25) is 0 Å². The zero-order valence-corrected chi connectivity index (χ0v) is 20.9. The van der Waals surface area contributed by atoms with Crippen molar-refractivity contribution in [2.24, 2.45) is 0 Å². The highest BCUT2D eigenvalue weighted by molar-refractivity contribution is 5.47. The number of ether oxygens (including phenoxy) is 3. The van der Waals surface area contributed by atoms with E-state index in [1.54, 1.807) is 0 Å². The van der Waals surface area contributed by atoms with Crippen LogP contribution in [0.15, 0.2) is 121 Å². The third kappa shape index (κ3) is 5.42. The smallest absolute Gasteiger partial charge is 0.184 e. The van der Waals surface area contributed by atoms with E-state index in [2.05, 4.69) is 0 Å². The lowest BCUT2D eigenvalue weighted by atomic mass is 9.80. The van der Waals surface area contributed by atoms with E-state index in [1.165, 1.54) is 0 Å². The first-order chi connectivity index (χ1) is 18.6.